The van der Waals surface area contributed by atoms with Crippen molar-refractivity contribution in [2.75, 3.05) is 14.2 Å². The molecule has 0 spiro atoms. The van der Waals surface area contributed by atoms with Crippen LogP contribution in [-0.4, -0.2) is 30.1 Å². The van der Waals surface area contributed by atoms with Gasteiger partial charge < -0.3 is 14.8 Å². The van der Waals surface area contributed by atoms with Crippen LogP contribution in [0.4, 0.5) is 0 Å². The normalized spacial score (nSPS) is 10.2. The number of hydrogen-bond donors (Lipinski definition) is 1. The maximum Gasteiger partial charge on any atom is 0.251 e. The third-order valence-corrected chi connectivity index (χ3v) is 3.90. The molecule has 1 aromatic carbocycles. The third kappa shape index (κ3) is 3.97. The SMILES string of the molecule is COc1cc(OC)cc(C(=O)NCc2cccnc2-c2ccncc2)c1. The van der Waals surface area contributed by atoms with E-state index < -0.39 is 0 Å². The first kappa shape index (κ1) is 17.4. The van der Waals surface area contributed by atoms with Gasteiger partial charge in [-0.2, -0.15) is 0 Å². The first-order valence-electron chi connectivity index (χ1n) is 8.07. The van der Waals surface area contributed by atoms with Crippen molar-refractivity contribution in [1.82, 2.24) is 15.3 Å². The van der Waals surface area contributed by atoms with Crippen molar-refractivity contribution in [2.45, 2.75) is 6.54 Å². The first-order valence-corrected chi connectivity index (χ1v) is 8.07. The maximum atomic E-state index is 12.5. The molecule has 0 fully saturated rings. The minimum Gasteiger partial charge on any atom is -0.497 e. The Balaban J connectivity index is 1.79. The van der Waals surface area contributed by atoms with Crippen molar-refractivity contribution in [3.63, 3.8) is 0 Å². The number of methoxy groups -OCH3 is 2. The molecule has 0 aliphatic heterocycles. The molecule has 0 aliphatic carbocycles. The summed E-state index contributed by atoms with van der Waals surface area (Å²) in [5.41, 5.74) is 3.16. The number of rotatable bonds is 6. The van der Waals surface area contributed by atoms with Crippen LogP contribution in [-0.2, 0) is 6.54 Å². The molecule has 0 saturated carbocycles. The Hall–Kier alpha value is -3.41. The molecule has 3 rings (SSSR count). The van der Waals surface area contributed by atoms with Crippen molar-refractivity contribution < 1.29 is 14.3 Å². The average molecular weight is 349 g/mol. The van der Waals surface area contributed by atoms with E-state index in [9.17, 15) is 4.79 Å². The van der Waals surface area contributed by atoms with Crippen LogP contribution in [0.3, 0.4) is 0 Å². The summed E-state index contributed by atoms with van der Waals surface area (Å²) in [7, 11) is 3.10. The molecular weight excluding hydrogens is 330 g/mol. The third-order valence-electron chi connectivity index (χ3n) is 3.90. The van der Waals surface area contributed by atoms with E-state index >= 15 is 0 Å². The van der Waals surface area contributed by atoms with Gasteiger partial charge in [-0.1, -0.05) is 6.07 Å². The van der Waals surface area contributed by atoms with Gasteiger partial charge in [0.05, 0.1) is 19.9 Å². The molecule has 6 nitrogen and oxygen atoms in total. The van der Waals surface area contributed by atoms with Crippen LogP contribution in [0.5, 0.6) is 11.5 Å². The van der Waals surface area contributed by atoms with E-state index in [1.165, 1.54) is 0 Å². The number of pyridine rings is 2. The highest BCUT2D eigenvalue weighted by molar-refractivity contribution is 5.95. The molecule has 2 heterocycles. The lowest BCUT2D eigenvalue weighted by atomic mass is 10.1. The summed E-state index contributed by atoms with van der Waals surface area (Å²) in [5.74, 6) is 0.911. The number of carbonyl (C=O) groups is 1. The van der Waals surface area contributed by atoms with Gasteiger partial charge in [-0.25, -0.2) is 0 Å². The van der Waals surface area contributed by atoms with E-state index in [1.54, 1.807) is 51.0 Å². The van der Waals surface area contributed by atoms with Crippen LogP contribution in [0.1, 0.15) is 15.9 Å². The van der Waals surface area contributed by atoms with E-state index in [0.29, 0.717) is 23.6 Å². The van der Waals surface area contributed by atoms with E-state index in [2.05, 4.69) is 15.3 Å². The monoisotopic (exact) mass is 349 g/mol. The highest BCUT2D eigenvalue weighted by Crippen LogP contribution is 2.23. The number of amides is 1. The molecule has 0 bridgehead atoms. The molecule has 3 aromatic rings. The molecule has 2 aromatic heterocycles. The predicted molar refractivity (Wildman–Crippen MR) is 98.2 cm³/mol. The second kappa shape index (κ2) is 8.11. The number of benzene rings is 1. The minimum absolute atomic E-state index is 0.216. The zero-order valence-electron chi connectivity index (χ0n) is 14.6. The predicted octanol–water partition coefficient (Wildman–Crippen LogP) is 3.09. The molecule has 0 radical (unpaired) electrons. The zero-order valence-corrected chi connectivity index (χ0v) is 14.6. The molecule has 0 atom stereocenters. The standard InChI is InChI=1S/C20H19N3O3/c1-25-17-10-16(11-18(12-17)26-2)20(24)23-13-15-4-3-7-22-19(15)14-5-8-21-9-6-14/h3-12H,13H2,1-2H3,(H,23,24). The average Bonchev–Trinajstić information content (AvgIpc) is 2.72. The van der Waals surface area contributed by atoms with Gasteiger partial charge >= 0.3 is 0 Å². The minimum atomic E-state index is -0.216. The lowest BCUT2D eigenvalue weighted by Gasteiger charge is -2.11. The van der Waals surface area contributed by atoms with E-state index in [1.807, 2.05) is 24.3 Å². The van der Waals surface area contributed by atoms with Crippen LogP contribution in [0.15, 0.2) is 61.1 Å². The quantitative estimate of drug-likeness (QED) is 0.740. The molecule has 1 amide bonds. The number of aromatic nitrogens is 2. The number of carbonyl (C=O) groups excluding carboxylic acids is 1. The second-order valence-corrected chi connectivity index (χ2v) is 5.53. The lowest BCUT2D eigenvalue weighted by Crippen LogP contribution is -2.23. The van der Waals surface area contributed by atoms with Crippen molar-refractivity contribution in [2.24, 2.45) is 0 Å². The van der Waals surface area contributed by atoms with E-state index in [0.717, 1.165) is 16.8 Å². The molecule has 0 saturated heterocycles. The highest BCUT2D eigenvalue weighted by atomic mass is 16.5. The van der Waals surface area contributed by atoms with Crippen LogP contribution >= 0.6 is 0 Å². The Morgan fingerprint density at radius 3 is 2.35 bits per heavy atom. The Kier molecular flexibility index (Phi) is 5.43. The van der Waals surface area contributed by atoms with Gasteiger partial charge in [0, 0.05) is 42.3 Å². The molecule has 0 aliphatic rings. The maximum absolute atomic E-state index is 12.5. The van der Waals surface area contributed by atoms with Gasteiger partial charge in [-0.05, 0) is 35.9 Å². The van der Waals surface area contributed by atoms with Crippen molar-refractivity contribution >= 4 is 5.91 Å². The number of nitrogens with zero attached hydrogens (tertiary/aromatic N) is 2. The van der Waals surface area contributed by atoms with Crippen LogP contribution < -0.4 is 14.8 Å². The fraction of sp³-hybridized carbons (Fsp3) is 0.150. The zero-order chi connectivity index (χ0) is 18.4. The number of ether oxygens (including phenoxy) is 2. The summed E-state index contributed by atoms with van der Waals surface area (Å²) in [4.78, 5) is 21.0. The Morgan fingerprint density at radius 2 is 1.69 bits per heavy atom. The van der Waals surface area contributed by atoms with E-state index in [4.69, 9.17) is 9.47 Å². The highest BCUT2D eigenvalue weighted by Gasteiger charge is 2.12. The van der Waals surface area contributed by atoms with Crippen LogP contribution in [0.25, 0.3) is 11.3 Å². The fourth-order valence-electron chi connectivity index (χ4n) is 2.57. The van der Waals surface area contributed by atoms with Gasteiger partial charge in [0.25, 0.3) is 5.91 Å². The van der Waals surface area contributed by atoms with Gasteiger partial charge in [0.2, 0.25) is 0 Å². The molecule has 26 heavy (non-hydrogen) atoms. The molecular formula is C20H19N3O3. The topological polar surface area (TPSA) is 73.3 Å². The Bertz CT molecular complexity index is 876. The first-order chi connectivity index (χ1) is 12.7. The van der Waals surface area contributed by atoms with Crippen molar-refractivity contribution in [3.05, 3.63) is 72.2 Å². The summed E-state index contributed by atoms with van der Waals surface area (Å²) in [6.45, 7) is 0.351. The summed E-state index contributed by atoms with van der Waals surface area (Å²) in [5, 5.41) is 2.92. The summed E-state index contributed by atoms with van der Waals surface area (Å²) < 4.78 is 10.4. The van der Waals surface area contributed by atoms with Crippen molar-refractivity contribution in [1.29, 1.82) is 0 Å². The number of nitrogens with one attached hydrogen (secondary N) is 1. The van der Waals surface area contributed by atoms with Gasteiger partial charge in [0.15, 0.2) is 0 Å². The Labute approximate surface area is 151 Å². The van der Waals surface area contributed by atoms with Gasteiger partial charge in [0.1, 0.15) is 11.5 Å². The van der Waals surface area contributed by atoms with Gasteiger partial charge in [-0.15, -0.1) is 0 Å². The molecule has 6 heteroatoms. The summed E-state index contributed by atoms with van der Waals surface area (Å²) >= 11 is 0. The molecule has 132 valence electrons. The smallest absolute Gasteiger partial charge is 0.251 e. The summed E-state index contributed by atoms with van der Waals surface area (Å²) in [6, 6.07) is 12.6. The fourth-order valence-corrected chi connectivity index (χ4v) is 2.57. The Morgan fingerprint density at radius 1 is 1.00 bits per heavy atom. The van der Waals surface area contributed by atoms with E-state index in [-0.39, 0.29) is 5.91 Å². The van der Waals surface area contributed by atoms with Crippen LogP contribution in [0.2, 0.25) is 0 Å². The van der Waals surface area contributed by atoms with Crippen LogP contribution in [0, 0.1) is 0 Å². The molecule has 0 unspecified atom stereocenters. The van der Waals surface area contributed by atoms with Gasteiger partial charge in [-0.3, -0.25) is 14.8 Å². The largest absolute Gasteiger partial charge is 0.497 e. The van der Waals surface area contributed by atoms with Crippen molar-refractivity contribution in [3.8, 4) is 22.8 Å². The lowest BCUT2D eigenvalue weighted by molar-refractivity contribution is 0.0950. The number of hydrogen-bond acceptors (Lipinski definition) is 5. The summed E-state index contributed by atoms with van der Waals surface area (Å²) in [6.07, 6.45) is 5.16. The second-order valence-electron chi connectivity index (χ2n) is 5.53. The molecule has 1 N–H and O–H groups in total.